The van der Waals surface area contributed by atoms with Gasteiger partial charge in [-0.25, -0.2) is 0 Å². The zero-order valence-corrected chi connectivity index (χ0v) is 11.8. The summed E-state index contributed by atoms with van der Waals surface area (Å²) < 4.78 is 48.3. The molecule has 1 N–H and O–H groups in total. The second-order valence-electron chi connectivity index (χ2n) is 4.63. The molecule has 0 aliphatic heterocycles. The number of rotatable bonds is 5. The number of alkyl halides is 3. The van der Waals surface area contributed by atoms with Gasteiger partial charge in [0, 0.05) is 6.07 Å². The molecule has 0 bridgehead atoms. The summed E-state index contributed by atoms with van der Waals surface area (Å²) in [5.41, 5.74) is -0.650. The number of methoxy groups -OCH3 is 1. The molecule has 0 radical (unpaired) electrons. The van der Waals surface area contributed by atoms with Crippen LogP contribution in [0.3, 0.4) is 0 Å². The predicted octanol–water partition coefficient (Wildman–Crippen LogP) is 3.83. The van der Waals surface area contributed by atoms with Crippen LogP contribution in [0, 0.1) is 0 Å². The number of hydrogen-bond acceptors (Lipinski definition) is 3. The van der Waals surface area contributed by atoms with E-state index >= 15 is 0 Å². The Morgan fingerprint density at radius 1 is 1.05 bits per heavy atom. The highest BCUT2D eigenvalue weighted by atomic mass is 19.4. The number of ether oxygens (including phenoxy) is 2. The van der Waals surface area contributed by atoms with Gasteiger partial charge in [0.25, 0.3) is 0 Å². The molecule has 1 unspecified atom stereocenters. The molecule has 2 aromatic rings. The van der Waals surface area contributed by atoms with Crippen molar-refractivity contribution in [1.29, 1.82) is 0 Å². The molecule has 3 nitrogen and oxygen atoms in total. The van der Waals surface area contributed by atoms with E-state index in [1.807, 2.05) is 0 Å². The van der Waals surface area contributed by atoms with Gasteiger partial charge in [0.15, 0.2) is 0 Å². The minimum absolute atomic E-state index is 0.151. The summed E-state index contributed by atoms with van der Waals surface area (Å²) >= 11 is 0. The molecule has 1 atom stereocenters. The second kappa shape index (κ2) is 6.70. The third-order valence-corrected chi connectivity index (χ3v) is 3.05. The molecule has 0 aromatic heterocycles. The van der Waals surface area contributed by atoms with Crippen LogP contribution in [0.2, 0.25) is 0 Å². The molecule has 2 aromatic carbocycles. The van der Waals surface area contributed by atoms with Crippen LogP contribution in [0.15, 0.2) is 48.5 Å². The smallest absolute Gasteiger partial charge is 0.416 e. The Hall–Kier alpha value is -2.21. The lowest BCUT2D eigenvalue weighted by Gasteiger charge is -2.15. The molecule has 0 aliphatic rings. The van der Waals surface area contributed by atoms with Crippen LogP contribution in [0.5, 0.6) is 11.5 Å². The van der Waals surface area contributed by atoms with Gasteiger partial charge in [-0.3, -0.25) is 0 Å². The molecular formula is C16H15F3O3. The van der Waals surface area contributed by atoms with E-state index in [-0.39, 0.29) is 12.2 Å². The minimum Gasteiger partial charge on any atom is -0.497 e. The van der Waals surface area contributed by atoms with E-state index in [0.29, 0.717) is 11.5 Å². The first kappa shape index (κ1) is 16.2. The van der Waals surface area contributed by atoms with Crippen molar-refractivity contribution in [3.63, 3.8) is 0 Å². The highest BCUT2D eigenvalue weighted by Crippen LogP contribution is 2.31. The Kier molecular flexibility index (Phi) is 4.92. The van der Waals surface area contributed by atoms with Gasteiger partial charge in [-0.05, 0) is 29.8 Å². The van der Waals surface area contributed by atoms with Crippen LogP contribution in [0.25, 0.3) is 0 Å². The lowest BCUT2D eigenvalue weighted by Crippen LogP contribution is -2.12. The van der Waals surface area contributed by atoms with Crippen molar-refractivity contribution >= 4 is 0 Å². The fraction of sp³-hybridized carbons (Fsp3) is 0.250. The Bertz CT molecular complexity index is 626. The van der Waals surface area contributed by atoms with Gasteiger partial charge in [0.1, 0.15) is 24.2 Å². The van der Waals surface area contributed by atoms with Crippen LogP contribution in [-0.4, -0.2) is 18.8 Å². The van der Waals surface area contributed by atoms with E-state index in [2.05, 4.69) is 0 Å². The fourth-order valence-electron chi connectivity index (χ4n) is 1.88. The maximum atomic E-state index is 12.6. The summed E-state index contributed by atoms with van der Waals surface area (Å²) in [6, 6.07) is 11.3. The van der Waals surface area contributed by atoms with Gasteiger partial charge in [0.05, 0.1) is 12.7 Å². The average molecular weight is 312 g/mol. The van der Waals surface area contributed by atoms with E-state index < -0.39 is 17.8 Å². The summed E-state index contributed by atoms with van der Waals surface area (Å²) in [7, 11) is 1.51. The van der Waals surface area contributed by atoms with Gasteiger partial charge in [0.2, 0.25) is 0 Å². The predicted molar refractivity (Wildman–Crippen MR) is 74.9 cm³/mol. The van der Waals surface area contributed by atoms with Crippen molar-refractivity contribution in [2.75, 3.05) is 13.7 Å². The zero-order chi connectivity index (χ0) is 16.2. The van der Waals surface area contributed by atoms with Crippen molar-refractivity contribution in [2.45, 2.75) is 12.3 Å². The first-order valence-electron chi connectivity index (χ1n) is 6.52. The Balaban J connectivity index is 2.04. The number of aliphatic hydroxyl groups is 1. The van der Waals surface area contributed by atoms with Crippen molar-refractivity contribution < 1.29 is 27.8 Å². The fourth-order valence-corrected chi connectivity index (χ4v) is 1.88. The number of halogens is 3. The molecule has 0 amide bonds. The molecule has 0 fully saturated rings. The van der Waals surface area contributed by atoms with Crippen LogP contribution in [0.4, 0.5) is 13.2 Å². The monoisotopic (exact) mass is 312 g/mol. The lowest BCUT2D eigenvalue weighted by atomic mass is 10.1. The van der Waals surface area contributed by atoms with E-state index in [1.165, 1.54) is 19.2 Å². The van der Waals surface area contributed by atoms with E-state index in [4.69, 9.17) is 9.47 Å². The van der Waals surface area contributed by atoms with Gasteiger partial charge in [-0.2, -0.15) is 13.2 Å². The van der Waals surface area contributed by atoms with Crippen LogP contribution >= 0.6 is 0 Å². The van der Waals surface area contributed by atoms with Crippen molar-refractivity contribution in [1.82, 2.24) is 0 Å². The molecule has 0 saturated carbocycles. The largest absolute Gasteiger partial charge is 0.497 e. The quantitative estimate of drug-likeness (QED) is 0.912. The van der Waals surface area contributed by atoms with Crippen molar-refractivity contribution in [3.05, 3.63) is 59.7 Å². The highest BCUT2D eigenvalue weighted by Gasteiger charge is 2.30. The molecule has 0 saturated heterocycles. The summed E-state index contributed by atoms with van der Waals surface area (Å²) in [5.74, 6) is 1.05. The summed E-state index contributed by atoms with van der Waals surface area (Å²) in [6.45, 7) is -0.158. The normalized spacial score (nSPS) is 12.8. The molecule has 0 spiro atoms. The molecule has 118 valence electrons. The van der Waals surface area contributed by atoms with Crippen LogP contribution in [-0.2, 0) is 6.18 Å². The maximum Gasteiger partial charge on any atom is 0.416 e. The van der Waals surface area contributed by atoms with Gasteiger partial charge >= 0.3 is 6.18 Å². The number of aliphatic hydroxyl groups excluding tert-OH is 1. The maximum absolute atomic E-state index is 12.6. The Morgan fingerprint density at radius 3 is 2.41 bits per heavy atom. The van der Waals surface area contributed by atoms with E-state index in [1.54, 1.807) is 24.3 Å². The minimum atomic E-state index is -4.44. The van der Waals surface area contributed by atoms with E-state index in [0.717, 1.165) is 12.1 Å². The molecule has 22 heavy (non-hydrogen) atoms. The van der Waals surface area contributed by atoms with Crippen LogP contribution in [0.1, 0.15) is 17.2 Å². The molecule has 0 aliphatic carbocycles. The summed E-state index contributed by atoms with van der Waals surface area (Å²) in [4.78, 5) is 0. The average Bonchev–Trinajstić information content (AvgIpc) is 2.52. The highest BCUT2D eigenvalue weighted by molar-refractivity contribution is 5.33. The molecule has 2 rings (SSSR count). The third-order valence-electron chi connectivity index (χ3n) is 3.05. The van der Waals surface area contributed by atoms with E-state index in [9.17, 15) is 18.3 Å². The standard InChI is InChI=1S/C16H15F3O3/c1-21-13-6-3-7-14(9-13)22-10-15(20)11-4-2-5-12(8-11)16(17,18)19/h2-9,15,20H,10H2,1H3. The van der Waals surface area contributed by atoms with Crippen molar-refractivity contribution in [3.8, 4) is 11.5 Å². The third kappa shape index (κ3) is 4.14. The Labute approximate surface area is 125 Å². The number of hydrogen-bond donors (Lipinski definition) is 1. The Morgan fingerprint density at radius 2 is 1.73 bits per heavy atom. The van der Waals surface area contributed by atoms with Crippen LogP contribution < -0.4 is 9.47 Å². The van der Waals surface area contributed by atoms with Gasteiger partial charge < -0.3 is 14.6 Å². The number of benzene rings is 2. The van der Waals surface area contributed by atoms with Gasteiger partial charge in [-0.1, -0.05) is 18.2 Å². The first-order chi connectivity index (χ1) is 10.4. The lowest BCUT2D eigenvalue weighted by molar-refractivity contribution is -0.137. The molecular weight excluding hydrogens is 297 g/mol. The van der Waals surface area contributed by atoms with Gasteiger partial charge in [-0.15, -0.1) is 0 Å². The summed E-state index contributed by atoms with van der Waals surface area (Å²) in [6.07, 6.45) is -5.60. The molecule has 0 heterocycles. The SMILES string of the molecule is COc1cccc(OCC(O)c2cccc(C(F)(F)F)c2)c1. The topological polar surface area (TPSA) is 38.7 Å². The summed E-state index contributed by atoms with van der Waals surface area (Å²) in [5, 5.41) is 9.97. The zero-order valence-electron chi connectivity index (χ0n) is 11.8. The molecule has 6 heteroatoms. The second-order valence-corrected chi connectivity index (χ2v) is 4.63. The van der Waals surface area contributed by atoms with Crippen molar-refractivity contribution in [2.24, 2.45) is 0 Å². The first-order valence-corrected chi connectivity index (χ1v) is 6.52.